The number of rotatable bonds is 2. The number of para-hydroxylation sites is 1. The average Bonchev–Trinajstić information content (AvgIpc) is 2.65. The Morgan fingerprint density at radius 3 is 2.77 bits per heavy atom. The molecule has 0 saturated carbocycles. The van der Waals surface area contributed by atoms with Gasteiger partial charge in [0.25, 0.3) is 5.91 Å². The summed E-state index contributed by atoms with van der Waals surface area (Å²) in [7, 11) is 0. The fourth-order valence-electron chi connectivity index (χ4n) is 2.97. The fraction of sp³-hybridized carbons (Fsp3) is 0.0500. The Balaban J connectivity index is 1.78. The molecule has 2 aromatic carbocycles. The topological polar surface area (TPSA) is 74.8 Å². The van der Waals surface area contributed by atoms with Gasteiger partial charge in [-0.1, -0.05) is 23.7 Å². The maximum atomic E-state index is 12.7. The van der Waals surface area contributed by atoms with Gasteiger partial charge in [-0.15, -0.1) is 0 Å². The number of benzene rings is 2. The summed E-state index contributed by atoms with van der Waals surface area (Å²) in [5.41, 5.74) is 2.56. The summed E-state index contributed by atoms with van der Waals surface area (Å²) in [5.74, 6) is -0.475. The van der Waals surface area contributed by atoms with Gasteiger partial charge in [-0.2, -0.15) is 0 Å². The summed E-state index contributed by atoms with van der Waals surface area (Å²) < 4.78 is 0. The number of carbonyl (C=O) groups excluding carboxylic acids is 1. The quantitative estimate of drug-likeness (QED) is 0.558. The van der Waals surface area contributed by atoms with Gasteiger partial charge >= 0.3 is 0 Å². The number of aryl methyl sites for hydroxylation is 1. The van der Waals surface area contributed by atoms with Crippen molar-refractivity contribution in [2.45, 2.75) is 6.92 Å². The molecule has 2 heterocycles. The Bertz CT molecular complexity index is 1230. The van der Waals surface area contributed by atoms with Crippen molar-refractivity contribution in [1.29, 1.82) is 0 Å². The summed E-state index contributed by atoms with van der Waals surface area (Å²) >= 11 is 6.15. The highest BCUT2D eigenvalue weighted by molar-refractivity contribution is 6.32. The van der Waals surface area contributed by atoms with E-state index in [2.05, 4.69) is 15.3 Å². The average molecular weight is 364 g/mol. The van der Waals surface area contributed by atoms with Crippen molar-refractivity contribution in [3.8, 4) is 0 Å². The SMILES string of the molecule is Cc1c(Cl)ccc2c(NC(=O)c3c[nH]c4ccccc4c3=O)ccnc12. The summed E-state index contributed by atoms with van der Waals surface area (Å²) in [6, 6.07) is 12.3. The number of hydrogen-bond donors (Lipinski definition) is 2. The zero-order valence-electron chi connectivity index (χ0n) is 13.8. The highest BCUT2D eigenvalue weighted by Gasteiger charge is 2.15. The maximum absolute atomic E-state index is 12.7. The third-order valence-electron chi connectivity index (χ3n) is 4.38. The van der Waals surface area contributed by atoms with E-state index >= 15 is 0 Å². The molecule has 0 bridgehead atoms. The molecule has 0 atom stereocenters. The van der Waals surface area contributed by atoms with Gasteiger partial charge in [-0.25, -0.2) is 0 Å². The van der Waals surface area contributed by atoms with E-state index in [0.717, 1.165) is 10.9 Å². The van der Waals surface area contributed by atoms with Crippen molar-refractivity contribution in [3.63, 3.8) is 0 Å². The Kier molecular flexibility index (Phi) is 3.93. The van der Waals surface area contributed by atoms with E-state index in [0.29, 0.717) is 27.1 Å². The standard InChI is InChI=1S/C20H14ClN3O2/c1-11-15(21)7-6-12-17(8-9-22-18(11)12)24-20(26)14-10-23-16-5-3-2-4-13(16)19(14)25/h2-10H,1H3,(H,23,25)(H,22,24,26). The Labute approximate surface area is 153 Å². The minimum Gasteiger partial charge on any atom is -0.360 e. The lowest BCUT2D eigenvalue weighted by Crippen LogP contribution is -2.22. The number of H-pyrrole nitrogens is 1. The number of fused-ring (bicyclic) bond motifs is 2. The molecule has 0 saturated heterocycles. The van der Waals surface area contributed by atoms with Crippen LogP contribution in [-0.4, -0.2) is 15.9 Å². The van der Waals surface area contributed by atoms with E-state index in [4.69, 9.17) is 11.6 Å². The Hall–Kier alpha value is -3.18. The number of aromatic nitrogens is 2. The number of amides is 1. The number of nitrogens with zero attached hydrogens (tertiary/aromatic N) is 1. The number of anilines is 1. The van der Waals surface area contributed by atoms with Crippen LogP contribution in [0.4, 0.5) is 5.69 Å². The smallest absolute Gasteiger partial charge is 0.261 e. The first-order chi connectivity index (χ1) is 12.6. The monoisotopic (exact) mass is 363 g/mol. The van der Waals surface area contributed by atoms with Crippen LogP contribution in [0.1, 0.15) is 15.9 Å². The highest BCUT2D eigenvalue weighted by atomic mass is 35.5. The van der Waals surface area contributed by atoms with Crippen LogP contribution in [0.2, 0.25) is 5.02 Å². The van der Waals surface area contributed by atoms with Crippen LogP contribution in [0.25, 0.3) is 21.8 Å². The molecule has 1 amide bonds. The van der Waals surface area contributed by atoms with Gasteiger partial charge in [-0.05, 0) is 42.8 Å². The van der Waals surface area contributed by atoms with Crippen LogP contribution >= 0.6 is 11.6 Å². The van der Waals surface area contributed by atoms with E-state index in [1.54, 1.807) is 42.6 Å². The van der Waals surface area contributed by atoms with Crippen LogP contribution in [0.15, 0.2) is 59.7 Å². The molecular weight excluding hydrogens is 350 g/mol. The zero-order valence-corrected chi connectivity index (χ0v) is 14.6. The van der Waals surface area contributed by atoms with Gasteiger partial charge in [-0.3, -0.25) is 14.6 Å². The van der Waals surface area contributed by atoms with Crippen LogP contribution in [0.3, 0.4) is 0 Å². The number of halogens is 1. The van der Waals surface area contributed by atoms with Gasteiger partial charge < -0.3 is 10.3 Å². The molecule has 0 aliphatic rings. The van der Waals surface area contributed by atoms with E-state index in [9.17, 15) is 9.59 Å². The van der Waals surface area contributed by atoms with Gasteiger partial charge in [0.15, 0.2) is 0 Å². The highest BCUT2D eigenvalue weighted by Crippen LogP contribution is 2.28. The number of carbonyl (C=O) groups is 1. The zero-order chi connectivity index (χ0) is 18.3. The van der Waals surface area contributed by atoms with E-state index in [1.165, 1.54) is 6.20 Å². The van der Waals surface area contributed by atoms with Gasteiger partial charge in [0.1, 0.15) is 5.56 Å². The number of pyridine rings is 2. The molecule has 128 valence electrons. The lowest BCUT2D eigenvalue weighted by Gasteiger charge is -2.10. The predicted octanol–water partition coefficient (Wildman–Crippen LogP) is 4.29. The molecule has 0 unspecified atom stereocenters. The molecule has 6 heteroatoms. The molecule has 0 radical (unpaired) electrons. The first-order valence-corrected chi connectivity index (χ1v) is 8.39. The molecule has 0 spiro atoms. The molecular formula is C20H14ClN3O2. The van der Waals surface area contributed by atoms with Gasteiger partial charge in [0.05, 0.1) is 11.2 Å². The third-order valence-corrected chi connectivity index (χ3v) is 4.79. The molecule has 0 aliphatic heterocycles. The van der Waals surface area contributed by atoms with Crippen LogP contribution in [-0.2, 0) is 0 Å². The number of nitrogens with one attached hydrogen (secondary N) is 2. The van der Waals surface area contributed by atoms with Crippen LogP contribution < -0.4 is 10.7 Å². The molecule has 4 aromatic rings. The molecule has 0 aliphatic carbocycles. The van der Waals surface area contributed by atoms with Gasteiger partial charge in [0, 0.05) is 33.7 Å². The van der Waals surface area contributed by atoms with E-state index in [-0.39, 0.29) is 11.0 Å². The molecule has 26 heavy (non-hydrogen) atoms. The van der Waals surface area contributed by atoms with Crippen molar-refractivity contribution >= 4 is 45.0 Å². The second-order valence-electron chi connectivity index (χ2n) is 5.96. The van der Waals surface area contributed by atoms with Crippen molar-refractivity contribution in [2.24, 2.45) is 0 Å². The first-order valence-electron chi connectivity index (χ1n) is 8.02. The summed E-state index contributed by atoms with van der Waals surface area (Å²) in [6.45, 7) is 1.87. The minimum absolute atomic E-state index is 0.0550. The normalized spacial score (nSPS) is 11.0. The molecule has 5 nitrogen and oxygen atoms in total. The first kappa shape index (κ1) is 16.3. The molecule has 2 aromatic heterocycles. The molecule has 4 rings (SSSR count). The Morgan fingerprint density at radius 2 is 1.92 bits per heavy atom. The molecule has 0 fully saturated rings. The summed E-state index contributed by atoms with van der Waals surface area (Å²) in [5, 5.41) is 4.66. The van der Waals surface area contributed by atoms with Crippen LogP contribution in [0, 0.1) is 6.92 Å². The van der Waals surface area contributed by atoms with E-state index in [1.807, 2.05) is 13.0 Å². The largest absolute Gasteiger partial charge is 0.360 e. The van der Waals surface area contributed by atoms with Crippen molar-refractivity contribution in [3.05, 3.63) is 81.2 Å². The minimum atomic E-state index is -0.475. The fourth-order valence-corrected chi connectivity index (χ4v) is 3.12. The van der Waals surface area contributed by atoms with Crippen molar-refractivity contribution < 1.29 is 4.79 Å². The van der Waals surface area contributed by atoms with Crippen LogP contribution in [0.5, 0.6) is 0 Å². The number of hydrogen-bond acceptors (Lipinski definition) is 3. The lowest BCUT2D eigenvalue weighted by molar-refractivity contribution is 0.102. The summed E-state index contributed by atoms with van der Waals surface area (Å²) in [4.78, 5) is 32.6. The van der Waals surface area contributed by atoms with E-state index < -0.39 is 5.91 Å². The summed E-state index contributed by atoms with van der Waals surface area (Å²) in [6.07, 6.45) is 3.04. The second-order valence-corrected chi connectivity index (χ2v) is 6.37. The lowest BCUT2D eigenvalue weighted by atomic mass is 10.1. The third kappa shape index (κ3) is 2.62. The molecule has 2 N–H and O–H groups in total. The second kappa shape index (κ2) is 6.28. The van der Waals surface area contributed by atoms with Gasteiger partial charge in [0.2, 0.25) is 5.43 Å². The number of aromatic amines is 1. The predicted molar refractivity (Wildman–Crippen MR) is 104 cm³/mol. The Morgan fingerprint density at radius 1 is 1.12 bits per heavy atom. The van der Waals surface area contributed by atoms with Crippen molar-refractivity contribution in [2.75, 3.05) is 5.32 Å². The maximum Gasteiger partial charge on any atom is 0.261 e. The van der Waals surface area contributed by atoms with Crippen molar-refractivity contribution in [1.82, 2.24) is 9.97 Å².